The highest BCUT2D eigenvalue weighted by Crippen LogP contribution is 2.42. The monoisotopic (exact) mass is 804 g/mol. The molecule has 6 rings (SSSR count). The molecule has 0 unspecified atom stereocenters. The SMILES string of the molecule is Cc1cc(N(c2ccc(CCCO)c(C)c2)c2ccc(-c3ccc(N(c4ccc(CCCO)c(C)c4)c4ccc(CCCO)c(C)c4)c(C)c3)cc2C)ccc1CCCO. The van der Waals surface area contributed by atoms with Crippen LogP contribution in [0.3, 0.4) is 0 Å². The topological polar surface area (TPSA) is 87.4 Å². The smallest absolute Gasteiger partial charge is 0.0491 e. The predicted molar refractivity (Wildman–Crippen MR) is 251 cm³/mol. The second kappa shape index (κ2) is 20.8. The zero-order valence-corrected chi connectivity index (χ0v) is 36.6. The summed E-state index contributed by atoms with van der Waals surface area (Å²) >= 11 is 0. The Balaban J connectivity index is 1.39. The Morgan fingerprint density at radius 1 is 0.317 bits per heavy atom. The number of rotatable bonds is 19. The Kier molecular flexibility index (Phi) is 15.4. The average molecular weight is 805 g/mol. The van der Waals surface area contributed by atoms with Gasteiger partial charge in [0.05, 0.1) is 0 Å². The first-order valence-electron chi connectivity index (χ1n) is 21.7. The quantitative estimate of drug-likeness (QED) is 0.0652. The Morgan fingerprint density at radius 3 is 0.800 bits per heavy atom. The minimum atomic E-state index is 0.182. The van der Waals surface area contributed by atoms with Crippen molar-refractivity contribution < 1.29 is 20.4 Å². The van der Waals surface area contributed by atoms with Crippen LogP contribution in [0.5, 0.6) is 0 Å². The summed E-state index contributed by atoms with van der Waals surface area (Å²) < 4.78 is 0. The van der Waals surface area contributed by atoms with Gasteiger partial charge in [-0.25, -0.2) is 0 Å². The first-order chi connectivity index (χ1) is 29.1. The summed E-state index contributed by atoms with van der Waals surface area (Å²) in [6.45, 7) is 13.7. The summed E-state index contributed by atoms with van der Waals surface area (Å²) in [6, 6.07) is 40.2. The molecule has 60 heavy (non-hydrogen) atoms. The molecule has 0 aromatic heterocycles. The van der Waals surface area contributed by atoms with Crippen molar-refractivity contribution in [3.63, 3.8) is 0 Å². The van der Waals surface area contributed by atoms with E-state index < -0.39 is 0 Å². The lowest BCUT2D eigenvalue weighted by molar-refractivity contribution is 0.288. The van der Waals surface area contributed by atoms with Gasteiger partial charge in [-0.15, -0.1) is 0 Å². The van der Waals surface area contributed by atoms with Crippen LogP contribution in [0.25, 0.3) is 11.1 Å². The van der Waals surface area contributed by atoms with Crippen LogP contribution in [0, 0.1) is 41.5 Å². The maximum atomic E-state index is 9.49. The Morgan fingerprint density at radius 2 is 0.583 bits per heavy atom. The zero-order valence-electron chi connectivity index (χ0n) is 36.6. The third-order valence-corrected chi connectivity index (χ3v) is 12.0. The highest BCUT2D eigenvalue weighted by atomic mass is 16.3. The van der Waals surface area contributed by atoms with Gasteiger partial charge in [0.25, 0.3) is 0 Å². The molecule has 0 spiro atoms. The van der Waals surface area contributed by atoms with Crippen molar-refractivity contribution in [2.45, 2.75) is 92.9 Å². The van der Waals surface area contributed by atoms with Gasteiger partial charge in [-0.1, -0.05) is 36.4 Å². The lowest BCUT2D eigenvalue weighted by atomic mass is 9.97. The summed E-state index contributed by atoms with van der Waals surface area (Å²) in [5.74, 6) is 0. The van der Waals surface area contributed by atoms with Gasteiger partial charge in [-0.05, 0) is 232 Å². The fourth-order valence-corrected chi connectivity index (χ4v) is 8.50. The summed E-state index contributed by atoms with van der Waals surface area (Å²) in [7, 11) is 0. The summed E-state index contributed by atoms with van der Waals surface area (Å²) in [4.78, 5) is 4.70. The fourth-order valence-electron chi connectivity index (χ4n) is 8.50. The number of anilines is 6. The maximum Gasteiger partial charge on any atom is 0.0491 e. The van der Waals surface area contributed by atoms with Crippen LogP contribution in [0.2, 0.25) is 0 Å². The van der Waals surface area contributed by atoms with Crippen LogP contribution in [-0.2, 0) is 25.7 Å². The van der Waals surface area contributed by atoms with Crippen molar-refractivity contribution in [1.29, 1.82) is 0 Å². The number of aliphatic hydroxyl groups is 4. The van der Waals surface area contributed by atoms with E-state index in [0.29, 0.717) is 0 Å². The van der Waals surface area contributed by atoms with E-state index in [-0.39, 0.29) is 26.4 Å². The van der Waals surface area contributed by atoms with E-state index in [1.165, 1.54) is 44.5 Å². The molecule has 0 radical (unpaired) electrons. The van der Waals surface area contributed by atoms with E-state index in [1.54, 1.807) is 0 Å². The minimum absolute atomic E-state index is 0.182. The minimum Gasteiger partial charge on any atom is -0.396 e. The average Bonchev–Trinajstić information content (AvgIpc) is 3.23. The van der Waals surface area contributed by atoms with Crippen molar-refractivity contribution in [3.05, 3.63) is 165 Å². The molecular weight excluding hydrogens is 741 g/mol. The van der Waals surface area contributed by atoms with Gasteiger partial charge >= 0.3 is 0 Å². The first kappa shape index (κ1) is 44.3. The van der Waals surface area contributed by atoms with E-state index in [9.17, 15) is 20.4 Å². The summed E-state index contributed by atoms with van der Waals surface area (Å²) in [6.07, 6.45) is 6.37. The van der Waals surface area contributed by atoms with E-state index >= 15 is 0 Å². The molecule has 0 aliphatic carbocycles. The maximum absolute atomic E-state index is 9.49. The Labute approximate surface area is 358 Å². The van der Waals surface area contributed by atoms with Crippen LogP contribution >= 0.6 is 0 Å². The van der Waals surface area contributed by atoms with Gasteiger partial charge < -0.3 is 30.2 Å². The van der Waals surface area contributed by atoms with Gasteiger partial charge in [0, 0.05) is 60.6 Å². The number of aliphatic hydroxyl groups excluding tert-OH is 4. The van der Waals surface area contributed by atoms with E-state index in [0.717, 1.165) is 108 Å². The first-order valence-corrected chi connectivity index (χ1v) is 21.7. The van der Waals surface area contributed by atoms with E-state index in [2.05, 4.69) is 161 Å². The molecule has 4 N–H and O–H groups in total. The fraction of sp³-hybridized carbons (Fsp3) is 0.333. The third-order valence-electron chi connectivity index (χ3n) is 12.0. The number of hydrogen-bond donors (Lipinski definition) is 4. The summed E-state index contributed by atoms with van der Waals surface area (Å²) in [5, 5.41) is 37.9. The van der Waals surface area contributed by atoms with E-state index in [4.69, 9.17) is 0 Å². The van der Waals surface area contributed by atoms with Crippen molar-refractivity contribution >= 4 is 34.1 Å². The largest absolute Gasteiger partial charge is 0.396 e. The number of hydrogen-bond acceptors (Lipinski definition) is 6. The second-order valence-corrected chi connectivity index (χ2v) is 16.4. The number of benzene rings is 6. The molecule has 6 heteroatoms. The lowest BCUT2D eigenvalue weighted by Crippen LogP contribution is -2.13. The second-order valence-electron chi connectivity index (χ2n) is 16.4. The molecule has 0 amide bonds. The van der Waals surface area contributed by atoms with Gasteiger partial charge in [-0.2, -0.15) is 0 Å². The van der Waals surface area contributed by atoms with Gasteiger partial charge in [0.15, 0.2) is 0 Å². The van der Waals surface area contributed by atoms with Gasteiger partial charge in [-0.3, -0.25) is 0 Å². The Hall–Kier alpha value is -5.24. The number of aryl methyl sites for hydroxylation is 10. The van der Waals surface area contributed by atoms with Crippen LogP contribution in [0.4, 0.5) is 34.1 Å². The zero-order chi connectivity index (χ0) is 42.8. The number of nitrogens with zero attached hydrogens (tertiary/aromatic N) is 2. The van der Waals surface area contributed by atoms with Gasteiger partial charge in [0.1, 0.15) is 0 Å². The standard InChI is InChI=1S/C54H64N2O4/c1-37-33-49(21-15-43(37)11-7-27-57)55(50-22-16-44(12-8-28-58)38(2)34-50)53-25-19-47(31-41(53)5)48-20-26-54(42(6)32-48)56(51-23-17-45(13-9-29-59)39(3)35-51)52-24-18-46(14-10-30-60)40(4)36-52/h15-26,31-36,57-60H,7-14,27-30H2,1-6H3. The van der Waals surface area contributed by atoms with Crippen molar-refractivity contribution in [1.82, 2.24) is 0 Å². The molecule has 6 nitrogen and oxygen atoms in total. The van der Waals surface area contributed by atoms with Gasteiger partial charge in [0.2, 0.25) is 0 Å². The van der Waals surface area contributed by atoms with Crippen molar-refractivity contribution in [2.75, 3.05) is 36.2 Å². The van der Waals surface area contributed by atoms with Crippen LogP contribution in [0.1, 0.15) is 81.3 Å². The van der Waals surface area contributed by atoms with Crippen LogP contribution in [-0.4, -0.2) is 46.9 Å². The molecule has 0 aliphatic heterocycles. The molecule has 0 saturated heterocycles. The molecule has 0 saturated carbocycles. The van der Waals surface area contributed by atoms with Crippen molar-refractivity contribution in [2.24, 2.45) is 0 Å². The molecule has 0 heterocycles. The van der Waals surface area contributed by atoms with Crippen LogP contribution < -0.4 is 9.80 Å². The lowest BCUT2D eigenvalue weighted by Gasteiger charge is -2.29. The molecule has 314 valence electrons. The molecule has 0 aliphatic rings. The summed E-state index contributed by atoms with van der Waals surface area (Å²) in [5.41, 5.74) is 21.1. The third kappa shape index (κ3) is 10.4. The highest BCUT2D eigenvalue weighted by Gasteiger charge is 2.20. The van der Waals surface area contributed by atoms with Crippen molar-refractivity contribution in [3.8, 4) is 11.1 Å². The highest BCUT2D eigenvalue weighted by molar-refractivity contribution is 5.84. The van der Waals surface area contributed by atoms with E-state index in [1.807, 2.05) is 0 Å². The molecule has 6 aromatic carbocycles. The Bertz CT molecular complexity index is 2100. The molecule has 0 bridgehead atoms. The molecular formula is C54H64N2O4. The van der Waals surface area contributed by atoms with Crippen LogP contribution in [0.15, 0.2) is 109 Å². The molecule has 0 atom stereocenters. The normalized spacial score (nSPS) is 11.3. The molecule has 6 aromatic rings. The predicted octanol–water partition coefficient (Wildman–Crippen LogP) is 11.8. The molecule has 0 fully saturated rings.